The van der Waals surface area contributed by atoms with E-state index in [2.05, 4.69) is 20.9 Å². The number of hydrogen-bond donors (Lipinski definition) is 2. The summed E-state index contributed by atoms with van der Waals surface area (Å²) in [5.41, 5.74) is 7.62. The van der Waals surface area contributed by atoms with Crippen LogP contribution in [0.5, 0.6) is 5.75 Å². The van der Waals surface area contributed by atoms with Crippen LogP contribution in [0.3, 0.4) is 0 Å². The fraction of sp³-hybridized carbons (Fsp3) is 0.273. The first-order valence-corrected chi connectivity index (χ1v) is 10.2. The molecule has 29 heavy (non-hydrogen) atoms. The number of rotatable bonds is 9. The highest BCUT2D eigenvalue weighted by molar-refractivity contribution is 9.10. The Morgan fingerprint density at radius 2 is 1.97 bits per heavy atom. The van der Waals surface area contributed by atoms with Gasteiger partial charge < -0.3 is 20.1 Å². The van der Waals surface area contributed by atoms with E-state index in [1.807, 2.05) is 48.5 Å². The van der Waals surface area contributed by atoms with E-state index in [0.717, 1.165) is 21.3 Å². The van der Waals surface area contributed by atoms with Crippen molar-refractivity contribution in [2.45, 2.75) is 38.5 Å². The van der Waals surface area contributed by atoms with E-state index in [-0.39, 0.29) is 11.7 Å². The molecule has 1 aromatic heterocycles. The van der Waals surface area contributed by atoms with Crippen molar-refractivity contribution >= 4 is 21.8 Å². The molecule has 0 saturated heterocycles. The number of primary amides is 1. The van der Waals surface area contributed by atoms with Gasteiger partial charge in [0.05, 0.1) is 18.5 Å². The van der Waals surface area contributed by atoms with Gasteiger partial charge in [0.15, 0.2) is 0 Å². The van der Waals surface area contributed by atoms with Crippen LogP contribution in [0, 0.1) is 0 Å². The van der Waals surface area contributed by atoms with Crippen molar-refractivity contribution in [3.05, 3.63) is 82.3 Å². The van der Waals surface area contributed by atoms with Crippen LogP contribution in [-0.4, -0.2) is 26.7 Å². The number of aliphatic hydroxyl groups is 1. The minimum Gasteiger partial charge on any atom is -0.489 e. The van der Waals surface area contributed by atoms with Crippen LogP contribution in [0.2, 0.25) is 0 Å². The summed E-state index contributed by atoms with van der Waals surface area (Å²) in [6.07, 6.45) is 3.87. The zero-order valence-electron chi connectivity index (χ0n) is 16.2. The molecule has 0 spiro atoms. The molecule has 2 atom stereocenters. The van der Waals surface area contributed by atoms with Gasteiger partial charge >= 0.3 is 0 Å². The molecule has 0 fully saturated rings. The number of aryl methyl sites for hydroxylation is 1. The molecule has 3 rings (SSSR count). The molecule has 1 heterocycles. The minimum atomic E-state index is -0.610. The molecule has 0 aliphatic carbocycles. The zero-order valence-corrected chi connectivity index (χ0v) is 17.7. The van der Waals surface area contributed by atoms with E-state index < -0.39 is 12.0 Å². The summed E-state index contributed by atoms with van der Waals surface area (Å²) in [6.45, 7) is 2.21. The van der Waals surface area contributed by atoms with E-state index >= 15 is 0 Å². The Bertz CT molecular complexity index is 954. The summed E-state index contributed by atoms with van der Waals surface area (Å²) in [5.74, 6) is 0.239. The van der Waals surface area contributed by atoms with Gasteiger partial charge in [-0.1, -0.05) is 46.3 Å². The molecular weight excluding hydrogens is 434 g/mol. The molecule has 3 N–H and O–H groups in total. The Balaban J connectivity index is 1.68. The number of carbonyl (C=O) groups excluding carboxylic acids is 1. The minimum absolute atomic E-state index is 0.189. The Hall–Kier alpha value is -2.64. The number of aromatic nitrogens is 2. The van der Waals surface area contributed by atoms with Crippen LogP contribution in [0.4, 0.5) is 0 Å². The number of benzene rings is 2. The van der Waals surface area contributed by atoms with Gasteiger partial charge in [-0.05, 0) is 49.1 Å². The van der Waals surface area contributed by atoms with E-state index in [1.165, 1.54) is 6.33 Å². The van der Waals surface area contributed by atoms with E-state index in [4.69, 9.17) is 10.5 Å². The molecule has 6 nitrogen and oxygen atoms in total. The van der Waals surface area contributed by atoms with Gasteiger partial charge in [0, 0.05) is 10.7 Å². The van der Waals surface area contributed by atoms with Crippen molar-refractivity contribution in [3.8, 4) is 5.75 Å². The summed E-state index contributed by atoms with van der Waals surface area (Å²) < 4.78 is 8.82. The summed E-state index contributed by atoms with van der Waals surface area (Å²) in [4.78, 5) is 15.3. The predicted molar refractivity (Wildman–Crippen MR) is 115 cm³/mol. The highest BCUT2D eigenvalue weighted by atomic mass is 79.9. The number of nitrogens with two attached hydrogens (primary N) is 1. The van der Waals surface area contributed by atoms with Crippen molar-refractivity contribution in [1.29, 1.82) is 0 Å². The Kier molecular flexibility index (Phi) is 7.06. The first-order chi connectivity index (χ1) is 13.9. The van der Waals surface area contributed by atoms with Gasteiger partial charge in [-0.3, -0.25) is 4.79 Å². The quantitative estimate of drug-likeness (QED) is 0.509. The van der Waals surface area contributed by atoms with Crippen molar-refractivity contribution in [2.75, 3.05) is 0 Å². The lowest BCUT2D eigenvalue weighted by Crippen LogP contribution is -2.21. The highest BCUT2D eigenvalue weighted by Gasteiger charge is 2.19. The van der Waals surface area contributed by atoms with Crippen LogP contribution >= 0.6 is 15.9 Å². The smallest absolute Gasteiger partial charge is 0.268 e. The average Bonchev–Trinajstić information content (AvgIpc) is 3.18. The third kappa shape index (κ3) is 5.68. The average molecular weight is 458 g/mol. The zero-order chi connectivity index (χ0) is 20.8. The van der Waals surface area contributed by atoms with Gasteiger partial charge in [-0.2, -0.15) is 0 Å². The molecule has 0 aliphatic heterocycles. The fourth-order valence-electron chi connectivity index (χ4n) is 3.18. The number of imidazole rings is 1. The first kappa shape index (κ1) is 21.1. The Morgan fingerprint density at radius 3 is 2.62 bits per heavy atom. The Morgan fingerprint density at radius 1 is 1.24 bits per heavy atom. The number of hydrogen-bond acceptors (Lipinski definition) is 4. The number of aliphatic hydroxyl groups excluding tert-OH is 1. The third-order valence-corrected chi connectivity index (χ3v) is 5.31. The molecule has 152 valence electrons. The van der Waals surface area contributed by atoms with E-state index in [9.17, 15) is 9.90 Å². The molecule has 2 unspecified atom stereocenters. The summed E-state index contributed by atoms with van der Waals surface area (Å²) in [7, 11) is 0. The molecule has 0 aliphatic rings. The largest absolute Gasteiger partial charge is 0.489 e. The summed E-state index contributed by atoms with van der Waals surface area (Å²) >= 11 is 3.43. The molecule has 7 heteroatoms. The fourth-order valence-corrected chi connectivity index (χ4v) is 3.45. The molecule has 0 radical (unpaired) electrons. The normalized spacial score (nSPS) is 13.1. The van der Waals surface area contributed by atoms with Crippen LogP contribution in [0.15, 0.2) is 65.5 Å². The topological polar surface area (TPSA) is 90.4 Å². The lowest BCUT2D eigenvalue weighted by atomic mass is 10.0. The highest BCUT2D eigenvalue weighted by Crippen LogP contribution is 2.26. The maximum absolute atomic E-state index is 11.3. The maximum atomic E-state index is 11.3. The van der Waals surface area contributed by atoms with Crippen LogP contribution in [0.25, 0.3) is 0 Å². The van der Waals surface area contributed by atoms with E-state index in [0.29, 0.717) is 19.4 Å². The molecular formula is C22H24BrN3O3. The van der Waals surface area contributed by atoms with Gasteiger partial charge in [0.2, 0.25) is 0 Å². The monoisotopic (exact) mass is 457 g/mol. The number of carbonyl (C=O) groups is 1. The van der Waals surface area contributed by atoms with Crippen molar-refractivity contribution in [1.82, 2.24) is 9.55 Å². The standard InChI is InChI=1S/C22H24BrN3O3/c1-15(27)20(26-12-19(22(24)28)25-14-26)11-8-17-4-2-3-5-21(17)29-13-16-6-9-18(23)10-7-16/h2-7,9-10,12,14-15,20,27H,8,11,13H2,1H3,(H2,24,28). The molecule has 1 amide bonds. The van der Waals surface area contributed by atoms with Crippen LogP contribution in [0.1, 0.15) is 41.0 Å². The van der Waals surface area contributed by atoms with Crippen LogP contribution < -0.4 is 10.5 Å². The number of halogens is 1. The van der Waals surface area contributed by atoms with Crippen molar-refractivity contribution < 1.29 is 14.6 Å². The summed E-state index contributed by atoms with van der Waals surface area (Å²) in [6, 6.07) is 15.7. The second-order valence-corrected chi connectivity index (χ2v) is 7.86. The van der Waals surface area contributed by atoms with Crippen LogP contribution in [-0.2, 0) is 13.0 Å². The van der Waals surface area contributed by atoms with Gasteiger partial charge in [0.1, 0.15) is 18.1 Å². The molecule has 0 saturated carbocycles. The van der Waals surface area contributed by atoms with Gasteiger partial charge in [0.25, 0.3) is 5.91 Å². The first-order valence-electron chi connectivity index (χ1n) is 9.40. The molecule has 3 aromatic rings. The molecule has 0 bridgehead atoms. The second-order valence-electron chi connectivity index (χ2n) is 6.94. The molecule has 2 aromatic carbocycles. The van der Waals surface area contributed by atoms with Gasteiger partial charge in [-0.25, -0.2) is 4.98 Å². The van der Waals surface area contributed by atoms with Crippen molar-refractivity contribution in [2.24, 2.45) is 5.73 Å². The van der Waals surface area contributed by atoms with E-state index in [1.54, 1.807) is 17.7 Å². The van der Waals surface area contributed by atoms with Crippen molar-refractivity contribution in [3.63, 3.8) is 0 Å². The van der Waals surface area contributed by atoms with Gasteiger partial charge in [-0.15, -0.1) is 0 Å². The SMILES string of the molecule is CC(O)C(CCc1ccccc1OCc1ccc(Br)cc1)n1cnc(C(N)=O)c1. The second kappa shape index (κ2) is 9.71. The third-order valence-electron chi connectivity index (χ3n) is 4.78. The maximum Gasteiger partial charge on any atom is 0.268 e. The predicted octanol–water partition coefficient (Wildman–Crippen LogP) is 3.88. The Labute approximate surface area is 178 Å². The number of nitrogens with zero attached hydrogens (tertiary/aromatic N) is 2. The lowest BCUT2D eigenvalue weighted by molar-refractivity contribution is 0.0994. The summed E-state index contributed by atoms with van der Waals surface area (Å²) in [5, 5.41) is 10.2. The number of amides is 1. The lowest BCUT2D eigenvalue weighted by Gasteiger charge is -2.22. The number of para-hydroxylation sites is 1. The number of ether oxygens (including phenoxy) is 1.